The van der Waals surface area contributed by atoms with Gasteiger partial charge in [0, 0.05) is 24.2 Å². The Balaban J connectivity index is 2.11. The maximum Gasteiger partial charge on any atom is 0.266 e. The van der Waals surface area contributed by atoms with Gasteiger partial charge in [0.1, 0.15) is 0 Å². The van der Waals surface area contributed by atoms with Crippen LogP contribution < -0.4 is 10.9 Å². The second-order valence-electron chi connectivity index (χ2n) is 4.91. The van der Waals surface area contributed by atoms with Gasteiger partial charge in [-0.2, -0.15) is 5.10 Å². The van der Waals surface area contributed by atoms with Gasteiger partial charge < -0.3 is 5.32 Å². The van der Waals surface area contributed by atoms with Crippen molar-refractivity contribution in [3.05, 3.63) is 52.8 Å². The standard InChI is InChI=1S/C16H21N3O/c1-3-13(2)17-11-12-19-16(20)10-9-15(18-19)14-7-5-4-6-8-14/h4-10,13,17H,3,11-12H2,1-2H3/t13-/m0/s1. The lowest BCUT2D eigenvalue weighted by atomic mass is 10.1. The molecule has 106 valence electrons. The van der Waals surface area contributed by atoms with Crippen molar-refractivity contribution in [2.75, 3.05) is 6.54 Å². The topological polar surface area (TPSA) is 46.9 Å². The third-order valence-corrected chi connectivity index (χ3v) is 3.36. The first-order valence-electron chi connectivity index (χ1n) is 7.07. The maximum absolute atomic E-state index is 11.8. The smallest absolute Gasteiger partial charge is 0.266 e. The Kier molecular flexibility index (Phi) is 5.07. The minimum atomic E-state index is -0.0596. The molecule has 0 amide bonds. The van der Waals surface area contributed by atoms with E-state index in [0.29, 0.717) is 12.6 Å². The molecule has 4 heteroatoms. The van der Waals surface area contributed by atoms with Crippen molar-refractivity contribution in [2.24, 2.45) is 0 Å². The molecule has 1 aromatic carbocycles. The molecule has 4 nitrogen and oxygen atoms in total. The summed E-state index contributed by atoms with van der Waals surface area (Å²) >= 11 is 0. The van der Waals surface area contributed by atoms with Crippen molar-refractivity contribution >= 4 is 0 Å². The van der Waals surface area contributed by atoms with E-state index < -0.39 is 0 Å². The molecule has 0 aliphatic rings. The fourth-order valence-corrected chi connectivity index (χ4v) is 1.93. The van der Waals surface area contributed by atoms with Crippen LogP contribution >= 0.6 is 0 Å². The van der Waals surface area contributed by atoms with Crippen LogP contribution in [-0.2, 0) is 6.54 Å². The summed E-state index contributed by atoms with van der Waals surface area (Å²) in [5.41, 5.74) is 1.79. The van der Waals surface area contributed by atoms with Crippen LogP contribution in [0.25, 0.3) is 11.3 Å². The molecule has 0 bridgehead atoms. The first kappa shape index (κ1) is 14.5. The van der Waals surface area contributed by atoms with Gasteiger partial charge in [0.25, 0.3) is 5.56 Å². The van der Waals surface area contributed by atoms with E-state index in [1.807, 2.05) is 30.3 Å². The first-order valence-corrected chi connectivity index (χ1v) is 7.07. The summed E-state index contributed by atoms with van der Waals surface area (Å²) in [7, 11) is 0. The van der Waals surface area contributed by atoms with Gasteiger partial charge in [0.05, 0.1) is 12.2 Å². The molecule has 0 saturated heterocycles. The Morgan fingerprint density at radius 1 is 1.20 bits per heavy atom. The van der Waals surface area contributed by atoms with Crippen molar-refractivity contribution in [2.45, 2.75) is 32.9 Å². The second-order valence-corrected chi connectivity index (χ2v) is 4.91. The van der Waals surface area contributed by atoms with Gasteiger partial charge in [-0.25, -0.2) is 4.68 Å². The zero-order valence-corrected chi connectivity index (χ0v) is 12.0. The number of hydrogen-bond acceptors (Lipinski definition) is 3. The quantitative estimate of drug-likeness (QED) is 0.877. The Labute approximate surface area is 119 Å². The molecular formula is C16H21N3O. The number of rotatable bonds is 6. The van der Waals surface area contributed by atoms with Crippen LogP contribution in [-0.4, -0.2) is 22.4 Å². The zero-order chi connectivity index (χ0) is 14.4. The molecule has 1 N–H and O–H groups in total. The van der Waals surface area contributed by atoms with Gasteiger partial charge in [-0.3, -0.25) is 4.79 Å². The number of nitrogens with zero attached hydrogens (tertiary/aromatic N) is 2. The molecular weight excluding hydrogens is 250 g/mol. The summed E-state index contributed by atoms with van der Waals surface area (Å²) in [6, 6.07) is 13.7. The summed E-state index contributed by atoms with van der Waals surface area (Å²) in [6.07, 6.45) is 1.08. The molecule has 0 aliphatic carbocycles. The van der Waals surface area contributed by atoms with Crippen LogP contribution in [0.2, 0.25) is 0 Å². The molecule has 1 atom stereocenters. The van der Waals surface area contributed by atoms with Crippen molar-refractivity contribution in [3.8, 4) is 11.3 Å². The third-order valence-electron chi connectivity index (χ3n) is 3.36. The minimum absolute atomic E-state index is 0.0596. The Morgan fingerprint density at radius 3 is 2.65 bits per heavy atom. The summed E-state index contributed by atoms with van der Waals surface area (Å²) in [4.78, 5) is 11.8. The van der Waals surface area contributed by atoms with Gasteiger partial charge in [-0.1, -0.05) is 37.3 Å². The molecule has 1 aromatic heterocycles. The molecule has 1 heterocycles. The molecule has 0 radical (unpaired) electrons. The summed E-state index contributed by atoms with van der Waals surface area (Å²) in [5.74, 6) is 0. The SMILES string of the molecule is CC[C@H](C)NCCn1nc(-c2ccccc2)ccc1=O. The molecule has 2 rings (SSSR count). The molecule has 0 saturated carbocycles. The van der Waals surface area contributed by atoms with E-state index in [1.54, 1.807) is 12.1 Å². The van der Waals surface area contributed by atoms with E-state index >= 15 is 0 Å². The Bertz CT molecular complexity index is 592. The molecule has 20 heavy (non-hydrogen) atoms. The molecule has 2 aromatic rings. The number of benzene rings is 1. The maximum atomic E-state index is 11.8. The van der Waals surface area contributed by atoms with Crippen LogP contribution in [0.3, 0.4) is 0 Å². The predicted molar refractivity (Wildman–Crippen MR) is 81.7 cm³/mol. The number of aromatic nitrogens is 2. The number of hydrogen-bond donors (Lipinski definition) is 1. The Hall–Kier alpha value is -1.94. The van der Waals surface area contributed by atoms with E-state index in [4.69, 9.17) is 0 Å². The normalized spacial score (nSPS) is 12.3. The van der Waals surface area contributed by atoms with Crippen LogP contribution in [0.5, 0.6) is 0 Å². The van der Waals surface area contributed by atoms with E-state index in [0.717, 1.165) is 24.2 Å². The summed E-state index contributed by atoms with van der Waals surface area (Å²) in [6.45, 7) is 5.61. The van der Waals surface area contributed by atoms with E-state index in [2.05, 4.69) is 24.3 Å². The monoisotopic (exact) mass is 271 g/mol. The lowest BCUT2D eigenvalue weighted by Gasteiger charge is -2.12. The van der Waals surface area contributed by atoms with Gasteiger partial charge in [0.15, 0.2) is 0 Å². The fourth-order valence-electron chi connectivity index (χ4n) is 1.93. The third kappa shape index (κ3) is 3.78. The minimum Gasteiger partial charge on any atom is -0.312 e. The average Bonchev–Trinajstić information content (AvgIpc) is 2.49. The lowest BCUT2D eigenvalue weighted by Crippen LogP contribution is -2.32. The largest absolute Gasteiger partial charge is 0.312 e. The van der Waals surface area contributed by atoms with Crippen LogP contribution in [0.1, 0.15) is 20.3 Å². The van der Waals surface area contributed by atoms with E-state index in [-0.39, 0.29) is 5.56 Å². The molecule has 0 spiro atoms. The van der Waals surface area contributed by atoms with Crippen LogP contribution in [0.15, 0.2) is 47.3 Å². The first-order chi connectivity index (χ1) is 9.70. The molecule has 0 fully saturated rings. The predicted octanol–water partition coefficient (Wildman–Crippen LogP) is 2.30. The van der Waals surface area contributed by atoms with Gasteiger partial charge in [-0.15, -0.1) is 0 Å². The van der Waals surface area contributed by atoms with Crippen molar-refractivity contribution in [1.82, 2.24) is 15.1 Å². The van der Waals surface area contributed by atoms with Crippen LogP contribution in [0, 0.1) is 0 Å². The number of nitrogens with one attached hydrogen (secondary N) is 1. The van der Waals surface area contributed by atoms with Crippen molar-refractivity contribution in [1.29, 1.82) is 0 Å². The van der Waals surface area contributed by atoms with E-state index in [1.165, 1.54) is 4.68 Å². The van der Waals surface area contributed by atoms with Crippen LogP contribution in [0.4, 0.5) is 0 Å². The highest BCUT2D eigenvalue weighted by molar-refractivity contribution is 5.57. The highest BCUT2D eigenvalue weighted by Crippen LogP contribution is 2.13. The summed E-state index contributed by atoms with van der Waals surface area (Å²) < 4.78 is 1.53. The van der Waals surface area contributed by atoms with Gasteiger partial charge in [-0.05, 0) is 19.4 Å². The van der Waals surface area contributed by atoms with Crippen molar-refractivity contribution in [3.63, 3.8) is 0 Å². The van der Waals surface area contributed by atoms with Gasteiger partial charge in [0.2, 0.25) is 0 Å². The average molecular weight is 271 g/mol. The highest BCUT2D eigenvalue weighted by Gasteiger charge is 2.03. The van der Waals surface area contributed by atoms with Crippen molar-refractivity contribution < 1.29 is 0 Å². The molecule has 0 unspecified atom stereocenters. The fraction of sp³-hybridized carbons (Fsp3) is 0.375. The zero-order valence-electron chi connectivity index (χ0n) is 12.0. The Morgan fingerprint density at radius 2 is 1.95 bits per heavy atom. The lowest BCUT2D eigenvalue weighted by molar-refractivity contribution is 0.477. The van der Waals surface area contributed by atoms with Gasteiger partial charge >= 0.3 is 0 Å². The summed E-state index contributed by atoms with van der Waals surface area (Å²) in [5, 5.41) is 7.80. The molecule has 0 aliphatic heterocycles. The van der Waals surface area contributed by atoms with E-state index in [9.17, 15) is 4.79 Å². The highest BCUT2D eigenvalue weighted by atomic mass is 16.1. The second kappa shape index (κ2) is 7.01.